The van der Waals surface area contributed by atoms with E-state index in [2.05, 4.69) is 234 Å². The summed E-state index contributed by atoms with van der Waals surface area (Å²) in [6.45, 7) is 0. The van der Waals surface area contributed by atoms with E-state index in [0.717, 1.165) is 71.9 Å². The number of aromatic nitrogens is 5. The molecule has 0 aliphatic carbocycles. The fourth-order valence-corrected chi connectivity index (χ4v) is 9.93. The topological polar surface area (TPSA) is 48.5 Å². The van der Waals surface area contributed by atoms with Crippen LogP contribution in [0.3, 0.4) is 0 Å². The predicted octanol–water partition coefficient (Wildman–Crippen LogP) is 16.1. The van der Waals surface area contributed by atoms with Crippen LogP contribution in [0.15, 0.2) is 249 Å². The molecule has 10 aromatic carbocycles. The Morgan fingerprint density at radius 1 is 0.235 bits per heavy atom. The van der Waals surface area contributed by atoms with Gasteiger partial charge in [0.15, 0.2) is 11.6 Å². The highest BCUT2D eigenvalue weighted by Gasteiger charge is 2.22. The lowest BCUT2D eigenvalue weighted by molar-refractivity contribution is 0.953. The summed E-state index contributed by atoms with van der Waals surface area (Å²) >= 11 is 0. The van der Waals surface area contributed by atoms with Gasteiger partial charge in [0.1, 0.15) is 0 Å². The molecule has 3 aromatic heterocycles. The summed E-state index contributed by atoms with van der Waals surface area (Å²) in [6, 6.07) is 88.2. The smallest absolute Gasteiger partial charge is 0.238 e. The molecule has 0 saturated heterocycles. The normalized spacial score (nSPS) is 11.5. The third-order valence-electron chi connectivity index (χ3n) is 13.2. The molecule has 0 amide bonds. The number of rotatable bonds is 8. The van der Waals surface area contributed by atoms with E-state index >= 15 is 0 Å². The maximum atomic E-state index is 5.38. The first-order valence-corrected chi connectivity index (χ1v) is 23.0. The molecule has 0 saturated carbocycles. The van der Waals surface area contributed by atoms with Gasteiger partial charge in [0.2, 0.25) is 5.95 Å². The summed E-state index contributed by atoms with van der Waals surface area (Å²) in [4.78, 5) is 15.9. The minimum atomic E-state index is 0.554. The zero-order valence-electron chi connectivity index (χ0n) is 36.9. The molecule has 3 heterocycles. The second-order valence-electron chi connectivity index (χ2n) is 17.2. The van der Waals surface area contributed by atoms with Gasteiger partial charge < -0.3 is 4.57 Å². The zero-order valence-corrected chi connectivity index (χ0v) is 36.9. The lowest BCUT2D eigenvalue weighted by atomic mass is 9.99. The van der Waals surface area contributed by atoms with Crippen molar-refractivity contribution in [3.8, 4) is 78.9 Å². The highest BCUT2D eigenvalue weighted by molar-refractivity contribution is 6.19. The van der Waals surface area contributed by atoms with Gasteiger partial charge in [0.25, 0.3) is 0 Å². The maximum absolute atomic E-state index is 5.38. The van der Waals surface area contributed by atoms with Crippen LogP contribution in [0.1, 0.15) is 0 Å². The SMILES string of the molecule is c1ccc(-c2ccc(-c3cccc(-c4nc(-c5ccccc5)nc(-n5c6ccccc6c6cc7c8ccccc8n(-c8ccccc8-c8ccc(-c9ccccc9)cc8)c7cc65)n4)c3)cc2)cc1. The van der Waals surface area contributed by atoms with Crippen LogP contribution in [0.5, 0.6) is 0 Å². The predicted molar refractivity (Wildman–Crippen MR) is 281 cm³/mol. The molecule has 68 heavy (non-hydrogen) atoms. The van der Waals surface area contributed by atoms with Crippen LogP contribution >= 0.6 is 0 Å². The number of hydrogen-bond acceptors (Lipinski definition) is 3. The molecule has 0 spiro atoms. The van der Waals surface area contributed by atoms with Crippen molar-refractivity contribution < 1.29 is 0 Å². The van der Waals surface area contributed by atoms with Crippen molar-refractivity contribution in [1.29, 1.82) is 0 Å². The molecule has 318 valence electrons. The summed E-state index contributed by atoms with van der Waals surface area (Å²) in [5.41, 5.74) is 16.5. The molecule has 0 radical (unpaired) electrons. The number of fused-ring (bicyclic) bond motifs is 6. The van der Waals surface area contributed by atoms with Crippen LogP contribution in [0.2, 0.25) is 0 Å². The average molecular weight is 868 g/mol. The third kappa shape index (κ3) is 6.76. The van der Waals surface area contributed by atoms with Gasteiger partial charge in [-0.25, -0.2) is 4.98 Å². The van der Waals surface area contributed by atoms with E-state index in [-0.39, 0.29) is 0 Å². The van der Waals surface area contributed by atoms with Gasteiger partial charge in [0.05, 0.1) is 27.8 Å². The average Bonchev–Trinajstić information content (AvgIpc) is 3.92. The highest BCUT2D eigenvalue weighted by atomic mass is 15.2. The largest absolute Gasteiger partial charge is 0.309 e. The molecule has 0 atom stereocenters. The second-order valence-corrected chi connectivity index (χ2v) is 17.2. The van der Waals surface area contributed by atoms with E-state index in [4.69, 9.17) is 15.0 Å². The Balaban J connectivity index is 1.00. The minimum absolute atomic E-state index is 0.554. The fraction of sp³-hybridized carbons (Fsp3) is 0. The van der Waals surface area contributed by atoms with Crippen molar-refractivity contribution in [1.82, 2.24) is 24.1 Å². The Labute approximate surface area is 393 Å². The molecule has 0 aliphatic rings. The van der Waals surface area contributed by atoms with Gasteiger partial charge in [-0.1, -0.05) is 212 Å². The van der Waals surface area contributed by atoms with E-state index in [9.17, 15) is 0 Å². The Kier molecular flexibility index (Phi) is 9.43. The number of benzene rings is 10. The van der Waals surface area contributed by atoms with E-state index in [1.54, 1.807) is 0 Å². The summed E-state index contributed by atoms with van der Waals surface area (Å²) in [7, 11) is 0. The first kappa shape index (κ1) is 39.2. The van der Waals surface area contributed by atoms with Crippen LogP contribution < -0.4 is 0 Å². The van der Waals surface area contributed by atoms with Gasteiger partial charge in [0, 0.05) is 38.2 Å². The Bertz CT molecular complexity index is 3980. The highest BCUT2D eigenvalue weighted by Crippen LogP contribution is 2.42. The summed E-state index contributed by atoms with van der Waals surface area (Å²) < 4.78 is 4.66. The van der Waals surface area contributed by atoms with E-state index < -0.39 is 0 Å². The monoisotopic (exact) mass is 867 g/mol. The molecule has 13 rings (SSSR count). The number of hydrogen-bond donors (Lipinski definition) is 0. The van der Waals surface area contributed by atoms with Crippen molar-refractivity contribution in [3.63, 3.8) is 0 Å². The molecular formula is C63H41N5. The van der Waals surface area contributed by atoms with Gasteiger partial charge in [-0.15, -0.1) is 0 Å². The maximum Gasteiger partial charge on any atom is 0.238 e. The van der Waals surface area contributed by atoms with E-state index in [1.165, 1.54) is 33.0 Å². The summed E-state index contributed by atoms with van der Waals surface area (Å²) in [5, 5.41) is 4.63. The van der Waals surface area contributed by atoms with Crippen molar-refractivity contribution in [2.24, 2.45) is 0 Å². The van der Waals surface area contributed by atoms with Crippen molar-refractivity contribution >= 4 is 43.6 Å². The molecule has 5 nitrogen and oxygen atoms in total. The van der Waals surface area contributed by atoms with Crippen LogP contribution in [-0.2, 0) is 0 Å². The van der Waals surface area contributed by atoms with Crippen LogP contribution in [0.25, 0.3) is 123 Å². The Hall–Kier alpha value is -9.19. The molecule has 0 N–H and O–H groups in total. The first-order valence-electron chi connectivity index (χ1n) is 23.0. The molecular weight excluding hydrogens is 827 g/mol. The quantitative estimate of drug-likeness (QED) is 0.153. The van der Waals surface area contributed by atoms with E-state index in [1.807, 2.05) is 24.3 Å². The van der Waals surface area contributed by atoms with Gasteiger partial charge in [-0.3, -0.25) is 4.57 Å². The summed E-state index contributed by atoms with van der Waals surface area (Å²) in [5.74, 6) is 1.76. The fourth-order valence-electron chi connectivity index (χ4n) is 9.93. The molecule has 0 fully saturated rings. The van der Waals surface area contributed by atoms with Gasteiger partial charge >= 0.3 is 0 Å². The number of para-hydroxylation sites is 3. The molecule has 0 bridgehead atoms. The van der Waals surface area contributed by atoms with Crippen LogP contribution in [0, 0.1) is 0 Å². The number of nitrogens with zero attached hydrogens (tertiary/aromatic N) is 5. The Morgan fingerprint density at radius 2 is 0.662 bits per heavy atom. The van der Waals surface area contributed by atoms with Crippen molar-refractivity contribution in [3.05, 3.63) is 249 Å². The Morgan fingerprint density at radius 3 is 1.28 bits per heavy atom. The second kappa shape index (κ2) is 16.4. The third-order valence-corrected chi connectivity index (χ3v) is 13.2. The lowest BCUT2D eigenvalue weighted by Gasteiger charge is -2.15. The zero-order chi connectivity index (χ0) is 45.0. The molecule has 0 aliphatic heterocycles. The molecule has 5 heteroatoms. The lowest BCUT2D eigenvalue weighted by Crippen LogP contribution is -2.06. The minimum Gasteiger partial charge on any atom is -0.309 e. The van der Waals surface area contributed by atoms with Crippen LogP contribution in [0.4, 0.5) is 0 Å². The van der Waals surface area contributed by atoms with Crippen LogP contribution in [-0.4, -0.2) is 24.1 Å². The first-order chi connectivity index (χ1) is 33.7. The van der Waals surface area contributed by atoms with Gasteiger partial charge in [-0.2, -0.15) is 9.97 Å². The standard InChI is InChI=1S/C63H41N5/c1-4-17-42(18-5-1)44-31-33-46(34-32-44)49-23-16-24-50(39-49)62-64-61(48-21-8-3-9-22-48)65-63(66-62)68-58-30-15-12-27-53(58)55-40-54-52-26-11-14-29-57(52)67(59(54)41-60(55)68)56-28-13-10-25-51(56)47-37-35-45(36-38-47)43-19-6-2-7-20-43/h1-41H. The molecule has 13 aromatic rings. The molecule has 0 unspecified atom stereocenters. The van der Waals surface area contributed by atoms with Gasteiger partial charge in [-0.05, 0) is 75.3 Å². The summed E-state index contributed by atoms with van der Waals surface area (Å²) in [6.07, 6.45) is 0. The van der Waals surface area contributed by atoms with Crippen molar-refractivity contribution in [2.75, 3.05) is 0 Å². The van der Waals surface area contributed by atoms with Crippen molar-refractivity contribution in [2.45, 2.75) is 0 Å². The van der Waals surface area contributed by atoms with E-state index in [0.29, 0.717) is 17.6 Å².